The topological polar surface area (TPSA) is 46.6 Å². The fraction of sp³-hybridized carbons (Fsp3) is 0.385. The van der Waals surface area contributed by atoms with Gasteiger partial charge in [0.05, 0.1) is 11.3 Å². The zero-order valence-electron chi connectivity index (χ0n) is 9.97. The van der Waals surface area contributed by atoms with Crippen molar-refractivity contribution in [1.29, 1.82) is 0 Å². The second-order valence-electron chi connectivity index (χ2n) is 4.05. The first-order valence-electron chi connectivity index (χ1n) is 5.76. The minimum atomic E-state index is -0.721. The Bertz CT molecular complexity index is 456. The number of hydrogen-bond acceptors (Lipinski definition) is 3. The van der Waals surface area contributed by atoms with Crippen molar-refractivity contribution in [1.82, 2.24) is 0 Å². The average Bonchev–Trinajstić information content (AvgIpc) is 2.42. The Balaban J connectivity index is 2.52. The van der Waals surface area contributed by atoms with Gasteiger partial charge in [0.25, 0.3) is 5.91 Å². The lowest BCUT2D eigenvalue weighted by molar-refractivity contribution is -0.126. The second kappa shape index (κ2) is 4.57. The van der Waals surface area contributed by atoms with Gasteiger partial charge in [0.2, 0.25) is 0 Å². The Morgan fingerprint density at radius 2 is 2.00 bits per heavy atom. The molecule has 0 bridgehead atoms. The Morgan fingerprint density at radius 3 is 2.71 bits per heavy atom. The van der Waals surface area contributed by atoms with Gasteiger partial charge < -0.3 is 9.64 Å². The molecule has 1 aromatic rings. The molecule has 1 unspecified atom stereocenters. The molecule has 17 heavy (non-hydrogen) atoms. The molecular formula is C13H15NO3. The van der Waals surface area contributed by atoms with Gasteiger partial charge >= 0.3 is 5.97 Å². The number of carbonyl (C=O) groups is 2. The van der Waals surface area contributed by atoms with E-state index >= 15 is 0 Å². The molecule has 4 heteroatoms. The van der Waals surface area contributed by atoms with Gasteiger partial charge in [-0.15, -0.1) is 0 Å². The van der Waals surface area contributed by atoms with Gasteiger partial charge in [0.15, 0.2) is 6.10 Å². The predicted molar refractivity (Wildman–Crippen MR) is 64.0 cm³/mol. The van der Waals surface area contributed by atoms with E-state index in [0.717, 1.165) is 6.42 Å². The van der Waals surface area contributed by atoms with Crippen LogP contribution >= 0.6 is 0 Å². The van der Waals surface area contributed by atoms with Crippen LogP contribution < -0.4 is 4.90 Å². The Morgan fingerprint density at radius 1 is 1.29 bits per heavy atom. The first-order chi connectivity index (χ1) is 8.15. The largest absolute Gasteiger partial charge is 0.449 e. The highest BCUT2D eigenvalue weighted by Gasteiger charge is 2.31. The lowest BCUT2D eigenvalue weighted by Crippen LogP contribution is -2.38. The van der Waals surface area contributed by atoms with E-state index in [0.29, 0.717) is 17.8 Å². The summed E-state index contributed by atoms with van der Waals surface area (Å²) in [6, 6.07) is 7.05. The summed E-state index contributed by atoms with van der Waals surface area (Å²) in [6.45, 7) is 4.19. The molecule has 1 aliphatic heterocycles. The van der Waals surface area contributed by atoms with Gasteiger partial charge in [-0.3, -0.25) is 4.79 Å². The van der Waals surface area contributed by atoms with Crippen LogP contribution in [0, 0.1) is 0 Å². The summed E-state index contributed by atoms with van der Waals surface area (Å²) in [7, 11) is 0. The fourth-order valence-corrected chi connectivity index (χ4v) is 1.95. The molecule has 0 N–H and O–H groups in total. The molecule has 4 nitrogen and oxygen atoms in total. The van der Waals surface area contributed by atoms with Crippen molar-refractivity contribution in [2.75, 3.05) is 11.4 Å². The Labute approximate surface area is 100 Å². The summed E-state index contributed by atoms with van der Waals surface area (Å²) < 4.78 is 5.10. The molecule has 0 spiro atoms. The van der Waals surface area contributed by atoms with Crippen molar-refractivity contribution in [3.05, 3.63) is 29.8 Å². The van der Waals surface area contributed by atoms with Crippen LogP contribution in [-0.2, 0) is 9.53 Å². The molecule has 0 fully saturated rings. The number of carbonyl (C=O) groups excluding carboxylic acids is 2. The molecule has 2 rings (SSSR count). The van der Waals surface area contributed by atoms with Gasteiger partial charge in [-0.25, -0.2) is 4.79 Å². The van der Waals surface area contributed by atoms with Crippen LogP contribution in [0.2, 0.25) is 0 Å². The minimum absolute atomic E-state index is 0.162. The van der Waals surface area contributed by atoms with Gasteiger partial charge in [-0.05, 0) is 25.5 Å². The van der Waals surface area contributed by atoms with Gasteiger partial charge in [0, 0.05) is 6.54 Å². The average molecular weight is 233 g/mol. The molecule has 1 amide bonds. The summed E-state index contributed by atoms with van der Waals surface area (Å²) in [4.78, 5) is 25.5. The number of esters is 1. The number of fused-ring (bicyclic) bond motifs is 1. The predicted octanol–water partition coefficient (Wildman–Crippen LogP) is 1.99. The lowest BCUT2D eigenvalue weighted by atomic mass is 10.1. The van der Waals surface area contributed by atoms with Crippen LogP contribution in [0.25, 0.3) is 0 Å². The molecule has 0 saturated carbocycles. The highest BCUT2D eigenvalue weighted by molar-refractivity contribution is 6.07. The van der Waals surface area contributed by atoms with Crippen molar-refractivity contribution in [2.24, 2.45) is 0 Å². The molecule has 0 aliphatic carbocycles. The third-order valence-corrected chi connectivity index (χ3v) is 2.76. The van der Waals surface area contributed by atoms with Crippen molar-refractivity contribution < 1.29 is 14.3 Å². The minimum Gasteiger partial charge on any atom is -0.449 e. The molecule has 0 aromatic heterocycles. The maximum absolute atomic E-state index is 12.1. The van der Waals surface area contributed by atoms with E-state index in [1.807, 2.05) is 13.0 Å². The van der Waals surface area contributed by atoms with Crippen molar-refractivity contribution >= 4 is 17.6 Å². The molecular weight excluding hydrogens is 218 g/mol. The fourth-order valence-electron chi connectivity index (χ4n) is 1.95. The van der Waals surface area contributed by atoms with Crippen LogP contribution in [0.15, 0.2) is 24.3 Å². The number of para-hydroxylation sites is 1. The number of hydrogen-bond donors (Lipinski definition) is 0. The standard InChI is InChI=1S/C13H15NO3/c1-3-8-14-11-7-5-4-6-10(11)13(16)17-9(2)12(14)15/h4-7,9H,3,8H2,1-2H3. The summed E-state index contributed by atoms with van der Waals surface area (Å²) in [5.41, 5.74) is 1.10. The molecule has 1 aliphatic rings. The van der Waals surface area contributed by atoms with Crippen LogP contribution in [0.3, 0.4) is 0 Å². The maximum Gasteiger partial charge on any atom is 0.341 e. The maximum atomic E-state index is 12.1. The number of rotatable bonds is 2. The second-order valence-corrected chi connectivity index (χ2v) is 4.05. The molecule has 1 aromatic carbocycles. The van der Waals surface area contributed by atoms with Crippen LogP contribution in [-0.4, -0.2) is 24.5 Å². The number of benzene rings is 1. The molecule has 90 valence electrons. The first kappa shape index (κ1) is 11.6. The monoisotopic (exact) mass is 233 g/mol. The van der Waals surface area contributed by atoms with E-state index in [2.05, 4.69) is 0 Å². The van der Waals surface area contributed by atoms with E-state index in [1.165, 1.54) is 0 Å². The van der Waals surface area contributed by atoms with Crippen molar-refractivity contribution in [3.8, 4) is 0 Å². The summed E-state index contributed by atoms with van der Waals surface area (Å²) in [5.74, 6) is -0.592. The Kier molecular flexibility index (Phi) is 3.13. The summed E-state index contributed by atoms with van der Waals surface area (Å²) >= 11 is 0. The highest BCUT2D eigenvalue weighted by Crippen LogP contribution is 2.26. The number of amides is 1. The third kappa shape index (κ3) is 2.02. The van der Waals surface area contributed by atoms with E-state index in [1.54, 1.807) is 30.0 Å². The number of ether oxygens (including phenoxy) is 1. The lowest BCUT2D eigenvalue weighted by Gasteiger charge is -2.22. The normalized spacial score (nSPS) is 19.6. The smallest absolute Gasteiger partial charge is 0.341 e. The quantitative estimate of drug-likeness (QED) is 0.734. The SMILES string of the molecule is CCCN1C(=O)C(C)OC(=O)c2ccccc21. The summed E-state index contributed by atoms with van der Waals surface area (Å²) in [6.07, 6.45) is 0.113. The zero-order chi connectivity index (χ0) is 12.4. The van der Waals surface area contributed by atoms with Crippen LogP contribution in [0.1, 0.15) is 30.6 Å². The molecule has 0 saturated heterocycles. The van der Waals surface area contributed by atoms with Gasteiger partial charge in [0.1, 0.15) is 0 Å². The summed E-state index contributed by atoms with van der Waals surface area (Å²) in [5, 5.41) is 0. The van der Waals surface area contributed by atoms with Crippen LogP contribution in [0.5, 0.6) is 0 Å². The molecule has 0 radical (unpaired) electrons. The number of cyclic esters (lactones) is 1. The van der Waals surface area contributed by atoms with E-state index in [-0.39, 0.29) is 5.91 Å². The van der Waals surface area contributed by atoms with Gasteiger partial charge in [-0.1, -0.05) is 19.1 Å². The van der Waals surface area contributed by atoms with E-state index < -0.39 is 12.1 Å². The Hall–Kier alpha value is -1.84. The van der Waals surface area contributed by atoms with E-state index in [9.17, 15) is 9.59 Å². The van der Waals surface area contributed by atoms with Crippen molar-refractivity contribution in [2.45, 2.75) is 26.4 Å². The van der Waals surface area contributed by atoms with Crippen LogP contribution in [0.4, 0.5) is 5.69 Å². The third-order valence-electron chi connectivity index (χ3n) is 2.76. The number of nitrogens with zero attached hydrogens (tertiary/aromatic N) is 1. The number of anilines is 1. The molecule has 1 heterocycles. The van der Waals surface area contributed by atoms with E-state index in [4.69, 9.17) is 4.74 Å². The van der Waals surface area contributed by atoms with Crippen molar-refractivity contribution in [3.63, 3.8) is 0 Å². The first-order valence-corrected chi connectivity index (χ1v) is 5.76. The highest BCUT2D eigenvalue weighted by atomic mass is 16.5. The molecule has 1 atom stereocenters. The zero-order valence-corrected chi connectivity index (χ0v) is 9.97. The van der Waals surface area contributed by atoms with Gasteiger partial charge in [-0.2, -0.15) is 0 Å².